The van der Waals surface area contributed by atoms with Crippen LogP contribution in [-0.2, 0) is 16.0 Å². The van der Waals surface area contributed by atoms with Crippen molar-refractivity contribution in [2.24, 2.45) is 0 Å². The zero-order chi connectivity index (χ0) is 14.4. The maximum atomic E-state index is 11.8. The van der Waals surface area contributed by atoms with Gasteiger partial charge in [0.1, 0.15) is 0 Å². The van der Waals surface area contributed by atoms with Gasteiger partial charge in [0.25, 0.3) is 5.56 Å². The highest BCUT2D eigenvalue weighted by molar-refractivity contribution is 5.78. The molecular weight excluding hydrogens is 254 g/mol. The van der Waals surface area contributed by atoms with Crippen molar-refractivity contribution in [1.29, 1.82) is 0 Å². The van der Waals surface area contributed by atoms with Gasteiger partial charge in [0.15, 0.2) is 0 Å². The lowest BCUT2D eigenvalue weighted by Crippen LogP contribution is -2.37. The van der Waals surface area contributed by atoms with Crippen molar-refractivity contribution in [2.75, 3.05) is 27.3 Å². The Morgan fingerprint density at radius 3 is 2.74 bits per heavy atom. The Balaban J connectivity index is 2.63. The number of rotatable bonds is 6. The predicted molar refractivity (Wildman–Crippen MR) is 66.9 cm³/mol. The lowest BCUT2D eigenvalue weighted by atomic mass is 10.2. The fourth-order valence-electron chi connectivity index (χ4n) is 1.58. The molecule has 0 saturated carbocycles. The molecule has 106 valence electrons. The average Bonchev–Trinajstić information content (AvgIpc) is 2.27. The number of carbonyl (C=O) groups is 1. The van der Waals surface area contributed by atoms with Crippen LogP contribution in [0.2, 0.25) is 0 Å². The second-order valence-corrected chi connectivity index (χ2v) is 4.17. The van der Waals surface area contributed by atoms with Gasteiger partial charge >= 0.3 is 5.69 Å². The van der Waals surface area contributed by atoms with Gasteiger partial charge in [0.2, 0.25) is 5.91 Å². The van der Waals surface area contributed by atoms with Crippen LogP contribution in [0.1, 0.15) is 5.69 Å². The number of aliphatic hydroxyl groups excluding tert-OH is 1. The smallest absolute Gasteiger partial charge is 0.325 e. The number of hydrogen-bond donors (Lipinski definition) is 3. The van der Waals surface area contributed by atoms with Gasteiger partial charge in [-0.3, -0.25) is 14.6 Å². The molecule has 1 aromatic rings. The number of ether oxygens (including phenoxy) is 1. The molecule has 0 aliphatic heterocycles. The van der Waals surface area contributed by atoms with Crippen LogP contribution >= 0.6 is 0 Å². The van der Waals surface area contributed by atoms with E-state index in [1.165, 1.54) is 19.1 Å². The van der Waals surface area contributed by atoms with Crippen LogP contribution in [0.3, 0.4) is 0 Å². The highest BCUT2D eigenvalue weighted by atomic mass is 16.5. The normalized spacial score (nSPS) is 12.2. The van der Waals surface area contributed by atoms with E-state index >= 15 is 0 Å². The molecule has 0 aromatic carbocycles. The third kappa shape index (κ3) is 5.06. The predicted octanol–water partition coefficient (Wildman–Crippen LogP) is -1.93. The number of hydrogen-bond acceptors (Lipinski definition) is 5. The standard InChI is InChI=1S/C11H17N3O5/c1-14(5-8(15)6-19-2)10(17)4-7-3-9(16)13-11(18)12-7/h3,8,15H,4-6H2,1-2H3,(H2,12,13,16,18). The Morgan fingerprint density at radius 1 is 1.47 bits per heavy atom. The number of aromatic amines is 2. The quantitative estimate of drug-likeness (QED) is 0.557. The Labute approximate surface area is 109 Å². The van der Waals surface area contributed by atoms with E-state index in [1.54, 1.807) is 0 Å². The van der Waals surface area contributed by atoms with Gasteiger partial charge in [0.05, 0.1) is 19.1 Å². The first-order valence-corrected chi connectivity index (χ1v) is 5.66. The first kappa shape index (κ1) is 15.1. The summed E-state index contributed by atoms with van der Waals surface area (Å²) in [6, 6.07) is 1.15. The van der Waals surface area contributed by atoms with Crippen molar-refractivity contribution in [3.8, 4) is 0 Å². The summed E-state index contributed by atoms with van der Waals surface area (Å²) in [5, 5.41) is 9.49. The summed E-state index contributed by atoms with van der Waals surface area (Å²) < 4.78 is 4.75. The zero-order valence-corrected chi connectivity index (χ0v) is 10.8. The summed E-state index contributed by atoms with van der Waals surface area (Å²) in [4.78, 5) is 39.6. The van der Waals surface area contributed by atoms with E-state index in [-0.39, 0.29) is 31.2 Å². The Hall–Kier alpha value is -1.93. The molecule has 3 N–H and O–H groups in total. The fraction of sp³-hybridized carbons (Fsp3) is 0.545. The van der Waals surface area contributed by atoms with Crippen LogP contribution in [0.15, 0.2) is 15.7 Å². The molecule has 1 atom stereocenters. The van der Waals surface area contributed by atoms with Gasteiger partial charge < -0.3 is 19.7 Å². The molecule has 0 spiro atoms. The van der Waals surface area contributed by atoms with Crippen molar-refractivity contribution in [1.82, 2.24) is 14.9 Å². The molecule has 1 heterocycles. The molecule has 1 rings (SSSR count). The van der Waals surface area contributed by atoms with E-state index in [4.69, 9.17) is 4.74 Å². The summed E-state index contributed by atoms with van der Waals surface area (Å²) in [6.45, 7) is 0.236. The van der Waals surface area contributed by atoms with Gasteiger partial charge in [-0.25, -0.2) is 4.79 Å². The molecule has 1 unspecified atom stereocenters. The second-order valence-electron chi connectivity index (χ2n) is 4.17. The fourth-order valence-corrected chi connectivity index (χ4v) is 1.58. The molecule has 8 nitrogen and oxygen atoms in total. The first-order chi connectivity index (χ1) is 8.92. The highest BCUT2D eigenvalue weighted by Gasteiger charge is 2.14. The summed E-state index contributed by atoms with van der Waals surface area (Å²) in [6.07, 6.45) is -0.896. The number of nitrogens with zero attached hydrogens (tertiary/aromatic N) is 1. The minimum absolute atomic E-state index is 0.111. The van der Waals surface area contributed by atoms with Crippen LogP contribution in [0.4, 0.5) is 0 Å². The van der Waals surface area contributed by atoms with Gasteiger partial charge in [-0.15, -0.1) is 0 Å². The number of H-pyrrole nitrogens is 2. The van der Waals surface area contributed by atoms with Crippen molar-refractivity contribution in [3.05, 3.63) is 32.6 Å². The first-order valence-electron chi connectivity index (χ1n) is 5.66. The molecule has 19 heavy (non-hydrogen) atoms. The van der Waals surface area contributed by atoms with Crippen LogP contribution in [0.5, 0.6) is 0 Å². The number of aromatic nitrogens is 2. The summed E-state index contributed by atoms with van der Waals surface area (Å²) >= 11 is 0. The minimum Gasteiger partial charge on any atom is -0.389 e. The van der Waals surface area contributed by atoms with E-state index in [0.29, 0.717) is 0 Å². The molecule has 0 aliphatic carbocycles. The lowest BCUT2D eigenvalue weighted by Gasteiger charge is -2.20. The third-order valence-electron chi connectivity index (χ3n) is 2.43. The SMILES string of the molecule is COCC(O)CN(C)C(=O)Cc1cc(=O)[nH]c(=O)[nH]1. The number of carbonyl (C=O) groups excluding carboxylic acids is 1. The molecule has 0 radical (unpaired) electrons. The van der Waals surface area contributed by atoms with E-state index in [1.807, 2.05) is 4.98 Å². The number of nitrogens with one attached hydrogen (secondary N) is 2. The maximum Gasteiger partial charge on any atom is 0.325 e. The molecular formula is C11H17N3O5. The highest BCUT2D eigenvalue weighted by Crippen LogP contribution is 1.97. The molecule has 0 fully saturated rings. The van der Waals surface area contributed by atoms with Gasteiger partial charge in [-0.2, -0.15) is 0 Å². The number of methoxy groups -OCH3 is 1. The van der Waals surface area contributed by atoms with Crippen molar-refractivity contribution >= 4 is 5.91 Å². The molecule has 0 aliphatic rings. The second kappa shape index (κ2) is 6.86. The van der Waals surface area contributed by atoms with Crippen LogP contribution in [0.25, 0.3) is 0 Å². The molecule has 8 heteroatoms. The largest absolute Gasteiger partial charge is 0.389 e. The Bertz CT molecular complexity index is 507. The van der Waals surface area contributed by atoms with Crippen molar-refractivity contribution < 1.29 is 14.6 Å². The van der Waals surface area contributed by atoms with E-state index < -0.39 is 17.4 Å². The molecule has 0 bridgehead atoms. The maximum absolute atomic E-state index is 11.8. The molecule has 1 amide bonds. The molecule has 1 aromatic heterocycles. The van der Waals surface area contributed by atoms with Gasteiger partial charge in [0, 0.05) is 32.5 Å². The number of likely N-dealkylation sites (N-methyl/N-ethyl adjacent to an activating group) is 1. The van der Waals surface area contributed by atoms with Crippen LogP contribution in [0, 0.1) is 0 Å². The third-order valence-corrected chi connectivity index (χ3v) is 2.43. The number of aliphatic hydroxyl groups is 1. The summed E-state index contributed by atoms with van der Waals surface area (Å²) in [5.74, 6) is -0.323. The molecule has 0 saturated heterocycles. The van der Waals surface area contributed by atoms with E-state index in [2.05, 4.69) is 4.98 Å². The number of amides is 1. The van der Waals surface area contributed by atoms with Crippen molar-refractivity contribution in [2.45, 2.75) is 12.5 Å². The summed E-state index contributed by atoms with van der Waals surface area (Å²) in [7, 11) is 2.97. The minimum atomic E-state index is -0.780. The van der Waals surface area contributed by atoms with Crippen molar-refractivity contribution in [3.63, 3.8) is 0 Å². The summed E-state index contributed by atoms with van der Waals surface area (Å²) in [5.41, 5.74) is -0.988. The van der Waals surface area contributed by atoms with Crippen LogP contribution in [-0.4, -0.2) is 59.3 Å². The monoisotopic (exact) mass is 271 g/mol. The Morgan fingerprint density at radius 2 is 2.16 bits per heavy atom. The van der Waals surface area contributed by atoms with Crippen LogP contribution < -0.4 is 11.2 Å². The van der Waals surface area contributed by atoms with E-state index in [9.17, 15) is 19.5 Å². The Kier molecular flexibility index (Phi) is 5.46. The van der Waals surface area contributed by atoms with Gasteiger partial charge in [-0.1, -0.05) is 0 Å². The lowest BCUT2D eigenvalue weighted by molar-refractivity contribution is -0.130. The zero-order valence-electron chi connectivity index (χ0n) is 10.8. The topological polar surface area (TPSA) is 115 Å². The van der Waals surface area contributed by atoms with Gasteiger partial charge in [-0.05, 0) is 0 Å². The van der Waals surface area contributed by atoms with E-state index in [0.717, 1.165) is 6.07 Å². The average molecular weight is 271 g/mol.